The predicted molar refractivity (Wildman–Crippen MR) is 60.6 cm³/mol. The van der Waals surface area contributed by atoms with Crippen LogP contribution in [0.3, 0.4) is 0 Å². The number of aliphatic hydroxyl groups excluding tert-OH is 1. The zero-order chi connectivity index (χ0) is 11.6. The fraction of sp³-hybridized carbons (Fsp3) is 0.727. The summed E-state index contributed by atoms with van der Waals surface area (Å²) >= 11 is 0. The molecule has 0 saturated heterocycles. The highest BCUT2D eigenvalue weighted by Crippen LogP contribution is 2.31. The highest BCUT2D eigenvalue weighted by molar-refractivity contribution is 5.04. The van der Waals surface area contributed by atoms with Crippen LogP contribution in [0, 0.1) is 0 Å². The molecule has 1 N–H and O–H groups in total. The first kappa shape index (κ1) is 12.2. The zero-order valence-electron chi connectivity index (χ0n) is 10.2. The second-order valence-corrected chi connectivity index (χ2v) is 4.40. The Bertz CT molecular complexity index is 321. The van der Waals surface area contributed by atoms with Gasteiger partial charge in [-0.2, -0.15) is 0 Å². The summed E-state index contributed by atoms with van der Waals surface area (Å²) in [6, 6.07) is 0. The van der Waals surface area contributed by atoms with Crippen molar-refractivity contribution >= 4 is 0 Å². The van der Waals surface area contributed by atoms with Crippen molar-refractivity contribution in [2.75, 3.05) is 14.1 Å². The van der Waals surface area contributed by atoms with Crippen molar-refractivity contribution in [1.82, 2.24) is 14.5 Å². The summed E-state index contributed by atoms with van der Waals surface area (Å²) in [4.78, 5) is 6.25. The van der Waals surface area contributed by atoms with Gasteiger partial charge in [-0.25, -0.2) is 4.98 Å². The molecule has 1 aromatic rings. The van der Waals surface area contributed by atoms with Gasteiger partial charge in [-0.05, 0) is 27.4 Å². The van der Waals surface area contributed by atoms with Gasteiger partial charge in [-0.1, -0.05) is 6.92 Å². The monoisotopic (exact) mass is 211 g/mol. The smallest absolute Gasteiger partial charge is 0.139 e. The van der Waals surface area contributed by atoms with Gasteiger partial charge in [0.15, 0.2) is 0 Å². The van der Waals surface area contributed by atoms with Crippen LogP contribution in [0.2, 0.25) is 0 Å². The van der Waals surface area contributed by atoms with Crippen molar-refractivity contribution in [3.8, 4) is 0 Å². The van der Waals surface area contributed by atoms with E-state index in [1.54, 1.807) is 6.20 Å². The van der Waals surface area contributed by atoms with Crippen LogP contribution in [-0.4, -0.2) is 39.2 Å². The lowest BCUT2D eigenvalue weighted by molar-refractivity contribution is -0.00601. The maximum absolute atomic E-state index is 10.4. The second kappa shape index (κ2) is 4.33. The third kappa shape index (κ3) is 2.06. The lowest BCUT2D eigenvalue weighted by Crippen LogP contribution is -2.46. The number of hydrogen-bond donors (Lipinski definition) is 1. The molecule has 1 rings (SSSR count). The van der Waals surface area contributed by atoms with Crippen LogP contribution in [0.5, 0.6) is 0 Å². The minimum absolute atomic E-state index is 0.279. The van der Waals surface area contributed by atoms with Crippen LogP contribution in [0.15, 0.2) is 12.4 Å². The van der Waals surface area contributed by atoms with Crippen LogP contribution in [-0.2, 0) is 7.05 Å². The van der Waals surface area contributed by atoms with Gasteiger partial charge in [0.2, 0.25) is 0 Å². The molecule has 0 amide bonds. The number of likely N-dealkylation sites (N-methyl/N-ethyl adjacent to an activating group) is 1. The van der Waals surface area contributed by atoms with Crippen LogP contribution in [0.4, 0.5) is 0 Å². The van der Waals surface area contributed by atoms with Gasteiger partial charge in [0.1, 0.15) is 11.9 Å². The van der Waals surface area contributed by atoms with Crippen LogP contribution >= 0.6 is 0 Å². The van der Waals surface area contributed by atoms with Gasteiger partial charge in [0, 0.05) is 19.4 Å². The molecule has 0 spiro atoms. The standard InChI is InChI=1S/C11H21N3O/c1-6-11(2,13(3)4)9(15)10-12-7-8-14(10)5/h7-9,15H,6H2,1-5H3. The fourth-order valence-electron chi connectivity index (χ4n) is 1.67. The van der Waals surface area contributed by atoms with Crippen molar-refractivity contribution in [3.05, 3.63) is 18.2 Å². The Morgan fingerprint density at radius 1 is 1.60 bits per heavy atom. The topological polar surface area (TPSA) is 41.3 Å². The van der Waals surface area contributed by atoms with Crippen LogP contribution < -0.4 is 0 Å². The van der Waals surface area contributed by atoms with Crippen molar-refractivity contribution in [2.24, 2.45) is 7.05 Å². The summed E-state index contributed by atoms with van der Waals surface area (Å²) in [6.45, 7) is 4.12. The molecule has 0 aromatic carbocycles. The molecule has 1 heterocycles. The molecule has 0 aliphatic rings. The van der Waals surface area contributed by atoms with E-state index in [0.29, 0.717) is 5.82 Å². The number of aromatic nitrogens is 2. The first-order valence-electron chi connectivity index (χ1n) is 5.26. The maximum atomic E-state index is 10.4. The number of aliphatic hydroxyl groups is 1. The number of aryl methyl sites for hydroxylation is 1. The average Bonchev–Trinajstić information content (AvgIpc) is 2.61. The number of nitrogens with zero attached hydrogens (tertiary/aromatic N) is 3. The van der Waals surface area contributed by atoms with E-state index >= 15 is 0 Å². The Morgan fingerprint density at radius 3 is 2.53 bits per heavy atom. The highest BCUT2D eigenvalue weighted by atomic mass is 16.3. The SMILES string of the molecule is CCC(C)(C(O)c1nccn1C)N(C)C. The van der Waals surface area contributed by atoms with E-state index < -0.39 is 6.10 Å². The molecule has 86 valence electrons. The van der Waals surface area contributed by atoms with Gasteiger partial charge >= 0.3 is 0 Å². The first-order chi connectivity index (χ1) is 6.93. The molecule has 2 atom stereocenters. The molecular weight excluding hydrogens is 190 g/mol. The molecule has 15 heavy (non-hydrogen) atoms. The normalized spacial score (nSPS) is 17.8. The van der Waals surface area contributed by atoms with Gasteiger partial charge < -0.3 is 14.6 Å². The van der Waals surface area contributed by atoms with Crippen molar-refractivity contribution in [3.63, 3.8) is 0 Å². The van der Waals surface area contributed by atoms with Crippen LogP contribution in [0.1, 0.15) is 32.2 Å². The molecule has 2 unspecified atom stereocenters. The highest BCUT2D eigenvalue weighted by Gasteiger charge is 2.36. The van der Waals surface area contributed by atoms with Crippen molar-refractivity contribution < 1.29 is 5.11 Å². The fourth-order valence-corrected chi connectivity index (χ4v) is 1.67. The molecule has 0 aliphatic carbocycles. The van der Waals surface area contributed by atoms with Crippen LogP contribution in [0.25, 0.3) is 0 Å². The summed E-state index contributed by atoms with van der Waals surface area (Å²) in [6.07, 6.45) is 3.86. The first-order valence-corrected chi connectivity index (χ1v) is 5.26. The van der Waals surface area contributed by atoms with Gasteiger partial charge in [-0.15, -0.1) is 0 Å². The number of hydrogen-bond acceptors (Lipinski definition) is 3. The molecule has 0 saturated carbocycles. The van der Waals surface area contributed by atoms with E-state index in [0.717, 1.165) is 6.42 Å². The minimum atomic E-state index is -0.572. The van der Waals surface area contributed by atoms with E-state index in [4.69, 9.17) is 0 Å². The number of rotatable bonds is 4. The van der Waals surface area contributed by atoms with Crippen molar-refractivity contribution in [1.29, 1.82) is 0 Å². The summed E-state index contributed by atoms with van der Waals surface area (Å²) < 4.78 is 1.86. The maximum Gasteiger partial charge on any atom is 0.139 e. The Hall–Kier alpha value is -0.870. The molecule has 4 heteroatoms. The second-order valence-electron chi connectivity index (χ2n) is 4.40. The lowest BCUT2D eigenvalue weighted by atomic mass is 9.89. The lowest BCUT2D eigenvalue weighted by Gasteiger charge is -2.39. The minimum Gasteiger partial charge on any atom is -0.383 e. The van der Waals surface area contributed by atoms with Gasteiger partial charge in [-0.3, -0.25) is 0 Å². The largest absolute Gasteiger partial charge is 0.383 e. The summed E-state index contributed by atoms with van der Waals surface area (Å²) in [5.41, 5.74) is -0.279. The Balaban J connectivity index is 3.02. The zero-order valence-corrected chi connectivity index (χ0v) is 10.2. The van der Waals surface area contributed by atoms with Gasteiger partial charge in [0.05, 0.1) is 5.54 Å². The van der Waals surface area contributed by atoms with Gasteiger partial charge in [0.25, 0.3) is 0 Å². The Kier molecular flexibility index (Phi) is 3.52. The van der Waals surface area contributed by atoms with E-state index in [2.05, 4.69) is 11.9 Å². The molecule has 1 aromatic heterocycles. The van der Waals surface area contributed by atoms with E-state index in [-0.39, 0.29) is 5.54 Å². The molecule has 0 radical (unpaired) electrons. The molecule has 4 nitrogen and oxygen atoms in total. The number of imidazole rings is 1. The average molecular weight is 211 g/mol. The Morgan fingerprint density at radius 2 is 2.20 bits per heavy atom. The summed E-state index contributed by atoms with van der Waals surface area (Å²) in [5, 5.41) is 10.4. The molecular formula is C11H21N3O. The third-order valence-corrected chi connectivity index (χ3v) is 3.43. The Labute approximate surface area is 91.5 Å². The van der Waals surface area contributed by atoms with E-state index in [1.807, 2.05) is 43.7 Å². The van der Waals surface area contributed by atoms with Crippen molar-refractivity contribution in [2.45, 2.75) is 31.9 Å². The van der Waals surface area contributed by atoms with E-state index in [9.17, 15) is 5.11 Å². The molecule has 0 fully saturated rings. The predicted octanol–water partition coefficient (Wildman–Crippen LogP) is 1.18. The summed E-state index contributed by atoms with van der Waals surface area (Å²) in [5.74, 6) is 0.716. The quantitative estimate of drug-likeness (QED) is 0.813. The molecule has 0 bridgehead atoms. The molecule has 0 aliphatic heterocycles. The summed E-state index contributed by atoms with van der Waals surface area (Å²) in [7, 11) is 5.86. The van der Waals surface area contributed by atoms with E-state index in [1.165, 1.54) is 0 Å². The third-order valence-electron chi connectivity index (χ3n) is 3.43.